The highest BCUT2D eigenvalue weighted by atomic mass is 16.5. The number of hydrogen-bond acceptors (Lipinski definition) is 1. The van der Waals surface area contributed by atoms with Crippen molar-refractivity contribution in [3.8, 4) is 0 Å². The Morgan fingerprint density at radius 2 is 2.00 bits per heavy atom. The summed E-state index contributed by atoms with van der Waals surface area (Å²) in [4.78, 5) is 0. The van der Waals surface area contributed by atoms with Gasteiger partial charge in [0.15, 0.2) is 18.9 Å². The minimum absolute atomic E-state index is 0.214. The molecular formula is C21H24NO+. The Balaban J connectivity index is 1.58. The van der Waals surface area contributed by atoms with Crippen molar-refractivity contribution in [2.75, 3.05) is 6.61 Å². The van der Waals surface area contributed by atoms with E-state index in [1.165, 1.54) is 29.5 Å². The number of nitrogens with zero attached hydrogens (tertiary/aromatic N) is 1. The molecule has 0 saturated carbocycles. The average molecular weight is 306 g/mol. The number of rotatable bonds is 3. The molecule has 1 aromatic heterocycles. The van der Waals surface area contributed by atoms with Crippen LogP contribution in [-0.4, -0.2) is 6.61 Å². The molecule has 0 unspecified atom stereocenters. The molecule has 2 aliphatic rings. The Bertz CT molecular complexity index is 707. The van der Waals surface area contributed by atoms with Gasteiger partial charge in [0.05, 0.1) is 12.7 Å². The lowest BCUT2D eigenvalue weighted by atomic mass is 9.75. The highest BCUT2D eigenvalue weighted by molar-refractivity contribution is 5.20. The third-order valence-corrected chi connectivity index (χ3v) is 5.24. The van der Waals surface area contributed by atoms with Gasteiger partial charge in [0.2, 0.25) is 0 Å². The zero-order chi connectivity index (χ0) is 15.6. The third-order valence-electron chi connectivity index (χ3n) is 5.24. The minimum Gasteiger partial charge on any atom is -0.372 e. The summed E-state index contributed by atoms with van der Waals surface area (Å²) >= 11 is 0. The van der Waals surface area contributed by atoms with E-state index < -0.39 is 0 Å². The lowest BCUT2D eigenvalue weighted by Gasteiger charge is -2.39. The van der Waals surface area contributed by atoms with E-state index in [0.29, 0.717) is 5.92 Å². The van der Waals surface area contributed by atoms with Crippen LogP contribution in [0, 0.1) is 11.8 Å². The van der Waals surface area contributed by atoms with Crippen molar-refractivity contribution in [2.45, 2.75) is 32.4 Å². The first-order valence-corrected chi connectivity index (χ1v) is 8.61. The van der Waals surface area contributed by atoms with Gasteiger partial charge < -0.3 is 4.74 Å². The van der Waals surface area contributed by atoms with Gasteiger partial charge in [-0.25, -0.2) is 4.57 Å². The normalized spacial score (nSPS) is 26.7. The van der Waals surface area contributed by atoms with E-state index in [4.69, 9.17) is 4.74 Å². The van der Waals surface area contributed by atoms with Crippen LogP contribution in [0.2, 0.25) is 0 Å². The van der Waals surface area contributed by atoms with Crippen LogP contribution in [-0.2, 0) is 11.3 Å². The van der Waals surface area contributed by atoms with Crippen molar-refractivity contribution in [3.63, 3.8) is 0 Å². The second-order valence-electron chi connectivity index (χ2n) is 6.94. The first kappa shape index (κ1) is 14.6. The first-order chi connectivity index (χ1) is 11.3. The largest absolute Gasteiger partial charge is 0.372 e. The van der Waals surface area contributed by atoms with Gasteiger partial charge in [0.1, 0.15) is 0 Å². The van der Waals surface area contributed by atoms with E-state index in [9.17, 15) is 0 Å². The second-order valence-corrected chi connectivity index (χ2v) is 6.94. The summed E-state index contributed by atoms with van der Waals surface area (Å²) in [5, 5.41) is 0. The SMILES string of the molecule is CC1=CC[C@H]2CO[C@@H](c3ccc[n+](Cc4ccccc4)c3)[C@@H]1C2. The number of aromatic nitrogens is 1. The fourth-order valence-corrected chi connectivity index (χ4v) is 3.93. The Labute approximate surface area is 138 Å². The highest BCUT2D eigenvalue weighted by Gasteiger charge is 2.36. The molecule has 0 spiro atoms. The topological polar surface area (TPSA) is 13.1 Å². The van der Waals surface area contributed by atoms with Crippen LogP contribution in [0.15, 0.2) is 66.5 Å². The molecule has 1 aromatic carbocycles. The molecule has 0 N–H and O–H groups in total. The standard InChI is InChI=1S/C21H24NO/c1-16-9-10-18-12-20(16)21(23-15-18)19-8-5-11-22(14-19)13-17-6-3-2-4-7-17/h2-9,11,14,18,20-21H,10,12-13,15H2,1H3/q+1/t18-,20-,21+/m1/s1. The summed E-state index contributed by atoms with van der Waals surface area (Å²) < 4.78 is 8.52. The second kappa shape index (κ2) is 6.29. The summed E-state index contributed by atoms with van der Waals surface area (Å²) in [7, 11) is 0. The Hall–Kier alpha value is -1.93. The molecule has 1 aliphatic heterocycles. The van der Waals surface area contributed by atoms with E-state index >= 15 is 0 Å². The quantitative estimate of drug-likeness (QED) is 0.615. The Morgan fingerprint density at radius 3 is 2.87 bits per heavy atom. The molecule has 2 nitrogen and oxygen atoms in total. The number of pyridine rings is 1. The van der Waals surface area contributed by atoms with Gasteiger partial charge in [-0.05, 0) is 31.7 Å². The van der Waals surface area contributed by atoms with Crippen molar-refractivity contribution in [1.82, 2.24) is 0 Å². The lowest BCUT2D eigenvalue weighted by molar-refractivity contribution is -0.689. The molecule has 3 atom stereocenters. The monoisotopic (exact) mass is 306 g/mol. The number of hydrogen-bond donors (Lipinski definition) is 0. The van der Waals surface area contributed by atoms with E-state index in [1.54, 1.807) is 0 Å². The van der Waals surface area contributed by atoms with Crippen LogP contribution in [0.25, 0.3) is 0 Å². The van der Waals surface area contributed by atoms with Gasteiger partial charge in [-0.1, -0.05) is 42.0 Å². The highest BCUT2D eigenvalue weighted by Crippen LogP contribution is 2.43. The zero-order valence-electron chi connectivity index (χ0n) is 13.7. The predicted molar refractivity (Wildman–Crippen MR) is 90.8 cm³/mol. The van der Waals surface area contributed by atoms with Crippen LogP contribution in [0.1, 0.15) is 37.0 Å². The maximum Gasteiger partial charge on any atom is 0.174 e. The number of fused-ring (bicyclic) bond motifs is 2. The molecular weight excluding hydrogens is 282 g/mol. The predicted octanol–water partition coefficient (Wildman–Crippen LogP) is 4.07. The number of benzene rings is 1. The maximum absolute atomic E-state index is 6.25. The van der Waals surface area contributed by atoms with Crippen LogP contribution in [0.3, 0.4) is 0 Å². The molecule has 118 valence electrons. The molecule has 2 heteroatoms. The van der Waals surface area contributed by atoms with Crippen LogP contribution in [0.4, 0.5) is 0 Å². The summed E-state index contributed by atoms with van der Waals surface area (Å²) in [6.45, 7) is 4.07. The van der Waals surface area contributed by atoms with E-state index in [2.05, 4.69) is 72.4 Å². The van der Waals surface area contributed by atoms with E-state index in [0.717, 1.165) is 19.1 Å². The maximum atomic E-state index is 6.25. The van der Waals surface area contributed by atoms with Gasteiger partial charge in [0, 0.05) is 23.1 Å². The van der Waals surface area contributed by atoms with Gasteiger partial charge in [-0.2, -0.15) is 0 Å². The van der Waals surface area contributed by atoms with Gasteiger partial charge >= 0.3 is 0 Å². The van der Waals surface area contributed by atoms with Crippen molar-refractivity contribution in [3.05, 3.63) is 77.6 Å². The van der Waals surface area contributed by atoms with Gasteiger partial charge in [0.25, 0.3) is 0 Å². The van der Waals surface area contributed by atoms with Gasteiger partial charge in [-0.15, -0.1) is 0 Å². The molecule has 1 aliphatic carbocycles. The zero-order valence-corrected chi connectivity index (χ0v) is 13.7. The summed E-state index contributed by atoms with van der Waals surface area (Å²) in [6, 6.07) is 15.0. The molecule has 2 heterocycles. The minimum atomic E-state index is 0.214. The fourth-order valence-electron chi connectivity index (χ4n) is 3.93. The molecule has 0 radical (unpaired) electrons. The summed E-state index contributed by atoms with van der Waals surface area (Å²) in [5.41, 5.74) is 4.14. The summed E-state index contributed by atoms with van der Waals surface area (Å²) in [5.74, 6) is 1.27. The van der Waals surface area contributed by atoms with Gasteiger partial charge in [-0.3, -0.25) is 0 Å². The van der Waals surface area contributed by atoms with Crippen LogP contribution in [0.5, 0.6) is 0 Å². The Kier molecular flexibility index (Phi) is 4.00. The van der Waals surface area contributed by atoms with Crippen molar-refractivity contribution in [1.29, 1.82) is 0 Å². The summed E-state index contributed by atoms with van der Waals surface area (Å²) in [6.07, 6.45) is 9.52. The molecule has 1 saturated heterocycles. The molecule has 2 bridgehead atoms. The third kappa shape index (κ3) is 3.09. The molecule has 23 heavy (non-hydrogen) atoms. The molecule has 1 fully saturated rings. The van der Waals surface area contributed by atoms with Crippen LogP contribution < -0.4 is 4.57 Å². The van der Waals surface area contributed by atoms with Crippen molar-refractivity contribution >= 4 is 0 Å². The van der Waals surface area contributed by atoms with E-state index in [1.807, 2.05) is 0 Å². The smallest absolute Gasteiger partial charge is 0.174 e. The molecule has 4 rings (SSSR count). The van der Waals surface area contributed by atoms with E-state index in [-0.39, 0.29) is 6.10 Å². The number of allylic oxidation sites excluding steroid dienone is 1. The first-order valence-electron chi connectivity index (χ1n) is 8.61. The Morgan fingerprint density at radius 1 is 1.13 bits per heavy atom. The number of ether oxygens (including phenoxy) is 1. The molecule has 0 amide bonds. The van der Waals surface area contributed by atoms with Crippen molar-refractivity contribution in [2.24, 2.45) is 11.8 Å². The fraction of sp³-hybridized carbons (Fsp3) is 0.381. The lowest BCUT2D eigenvalue weighted by Crippen LogP contribution is -2.37. The van der Waals surface area contributed by atoms with Crippen LogP contribution >= 0.6 is 0 Å². The van der Waals surface area contributed by atoms with Crippen molar-refractivity contribution < 1.29 is 9.30 Å². The average Bonchev–Trinajstić information content (AvgIpc) is 2.60. The molecule has 2 aromatic rings.